The number of aliphatic hydroxyl groups is 1. The average Bonchev–Trinajstić information content (AvgIpc) is 2.44. The van der Waals surface area contributed by atoms with Gasteiger partial charge in [0, 0.05) is 0 Å². The normalized spacial score (nSPS) is 35.7. The van der Waals surface area contributed by atoms with Crippen LogP contribution in [0.15, 0.2) is 16.5 Å². The number of hydrogen-bond acceptors (Lipinski definition) is 2. The molecule has 1 fully saturated rings. The Kier molecular flexibility index (Phi) is 1.32. The molecule has 11 heavy (non-hydrogen) atoms. The van der Waals surface area contributed by atoms with E-state index in [1.807, 2.05) is 6.92 Å². The minimum atomic E-state index is -0.729. The lowest BCUT2D eigenvalue weighted by atomic mass is 10.2. The first kappa shape index (κ1) is 7.19. The second-order valence-electron chi connectivity index (χ2n) is 3.13. The van der Waals surface area contributed by atoms with Crippen molar-refractivity contribution < 1.29 is 9.52 Å². The van der Waals surface area contributed by atoms with Crippen LogP contribution >= 0.6 is 11.6 Å². The van der Waals surface area contributed by atoms with Gasteiger partial charge in [-0.1, -0.05) is 6.92 Å². The molecule has 1 aromatic heterocycles. The third-order valence-electron chi connectivity index (χ3n) is 2.27. The SMILES string of the molecule is CC1CC1(O)c1ccc(Cl)o1. The van der Waals surface area contributed by atoms with Crippen LogP contribution in [0.1, 0.15) is 19.1 Å². The molecule has 0 saturated heterocycles. The fraction of sp³-hybridized carbons (Fsp3) is 0.500. The van der Waals surface area contributed by atoms with E-state index in [4.69, 9.17) is 16.0 Å². The zero-order valence-corrected chi connectivity index (χ0v) is 6.93. The zero-order chi connectivity index (χ0) is 8.06. The van der Waals surface area contributed by atoms with Crippen molar-refractivity contribution >= 4 is 11.6 Å². The van der Waals surface area contributed by atoms with Crippen LogP contribution in [0.2, 0.25) is 5.22 Å². The van der Waals surface area contributed by atoms with E-state index in [-0.39, 0.29) is 0 Å². The Morgan fingerprint density at radius 3 is 2.73 bits per heavy atom. The average molecular weight is 173 g/mol. The van der Waals surface area contributed by atoms with Crippen LogP contribution in [0.4, 0.5) is 0 Å². The quantitative estimate of drug-likeness (QED) is 0.704. The molecule has 1 aliphatic carbocycles. The summed E-state index contributed by atoms with van der Waals surface area (Å²) in [7, 11) is 0. The Labute approximate surface area is 69.8 Å². The fourth-order valence-corrected chi connectivity index (χ4v) is 1.44. The number of rotatable bonds is 1. The molecule has 2 unspecified atom stereocenters. The summed E-state index contributed by atoms with van der Waals surface area (Å²) >= 11 is 5.56. The van der Waals surface area contributed by atoms with Crippen molar-refractivity contribution in [2.45, 2.75) is 18.9 Å². The Bertz CT molecular complexity index is 281. The first-order chi connectivity index (χ1) is 5.13. The van der Waals surface area contributed by atoms with Crippen molar-refractivity contribution in [3.05, 3.63) is 23.1 Å². The molecule has 2 atom stereocenters. The summed E-state index contributed by atoms with van der Waals surface area (Å²) in [4.78, 5) is 0. The molecule has 60 valence electrons. The minimum absolute atomic E-state index is 0.296. The summed E-state index contributed by atoms with van der Waals surface area (Å²) in [6.45, 7) is 1.98. The Hall–Kier alpha value is -0.470. The van der Waals surface area contributed by atoms with Crippen LogP contribution in [0.3, 0.4) is 0 Å². The molecule has 2 nitrogen and oxygen atoms in total. The Balaban J connectivity index is 2.31. The second kappa shape index (κ2) is 2.02. The van der Waals surface area contributed by atoms with E-state index in [1.165, 1.54) is 0 Å². The van der Waals surface area contributed by atoms with Gasteiger partial charge in [-0.2, -0.15) is 0 Å². The van der Waals surface area contributed by atoms with E-state index < -0.39 is 5.60 Å². The van der Waals surface area contributed by atoms with Gasteiger partial charge in [0.25, 0.3) is 0 Å². The summed E-state index contributed by atoms with van der Waals surface area (Å²) in [5, 5.41) is 10.1. The molecule has 1 aromatic rings. The van der Waals surface area contributed by atoms with Crippen LogP contribution in [0.5, 0.6) is 0 Å². The van der Waals surface area contributed by atoms with E-state index in [9.17, 15) is 5.11 Å². The maximum atomic E-state index is 9.73. The lowest BCUT2D eigenvalue weighted by Crippen LogP contribution is -2.05. The van der Waals surface area contributed by atoms with Gasteiger partial charge in [-0.25, -0.2) is 0 Å². The van der Waals surface area contributed by atoms with Crippen LogP contribution < -0.4 is 0 Å². The molecule has 1 N–H and O–H groups in total. The highest BCUT2D eigenvalue weighted by Gasteiger charge is 2.53. The highest BCUT2D eigenvalue weighted by molar-refractivity contribution is 6.28. The highest BCUT2D eigenvalue weighted by atomic mass is 35.5. The van der Waals surface area contributed by atoms with E-state index in [0.29, 0.717) is 16.9 Å². The Morgan fingerprint density at radius 2 is 2.36 bits per heavy atom. The minimum Gasteiger partial charge on any atom is -0.447 e. The number of halogens is 1. The molecule has 3 heteroatoms. The monoisotopic (exact) mass is 172 g/mol. The van der Waals surface area contributed by atoms with E-state index in [1.54, 1.807) is 12.1 Å². The number of furan rings is 1. The van der Waals surface area contributed by atoms with Crippen molar-refractivity contribution in [1.82, 2.24) is 0 Å². The van der Waals surface area contributed by atoms with Crippen LogP contribution in [-0.4, -0.2) is 5.11 Å². The predicted octanol–water partition coefficient (Wildman–Crippen LogP) is 2.16. The maximum absolute atomic E-state index is 9.73. The lowest BCUT2D eigenvalue weighted by molar-refractivity contribution is 0.108. The van der Waals surface area contributed by atoms with Crippen molar-refractivity contribution in [3.8, 4) is 0 Å². The maximum Gasteiger partial charge on any atom is 0.193 e. The van der Waals surface area contributed by atoms with Crippen molar-refractivity contribution in [3.63, 3.8) is 0 Å². The topological polar surface area (TPSA) is 33.4 Å². The molecule has 0 radical (unpaired) electrons. The van der Waals surface area contributed by atoms with Gasteiger partial charge in [0.15, 0.2) is 5.22 Å². The van der Waals surface area contributed by atoms with Gasteiger partial charge in [0.2, 0.25) is 0 Å². The van der Waals surface area contributed by atoms with Crippen molar-refractivity contribution in [2.24, 2.45) is 5.92 Å². The van der Waals surface area contributed by atoms with Gasteiger partial charge in [0.1, 0.15) is 11.4 Å². The summed E-state index contributed by atoms with van der Waals surface area (Å²) < 4.78 is 5.10. The molecule has 1 saturated carbocycles. The zero-order valence-electron chi connectivity index (χ0n) is 6.17. The van der Waals surface area contributed by atoms with Gasteiger partial charge >= 0.3 is 0 Å². The van der Waals surface area contributed by atoms with Crippen LogP contribution in [-0.2, 0) is 5.60 Å². The molecule has 0 aromatic carbocycles. The molecule has 2 rings (SSSR count). The van der Waals surface area contributed by atoms with E-state index >= 15 is 0 Å². The molecule has 0 bridgehead atoms. The predicted molar refractivity (Wildman–Crippen MR) is 41.4 cm³/mol. The van der Waals surface area contributed by atoms with Gasteiger partial charge in [0.05, 0.1) is 0 Å². The number of hydrogen-bond donors (Lipinski definition) is 1. The summed E-state index contributed by atoms with van der Waals surface area (Å²) in [5.74, 6) is 0.889. The molecular weight excluding hydrogens is 164 g/mol. The summed E-state index contributed by atoms with van der Waals surface area (Å²) in [6, 6.07) is 3.38. The molecule has 0 spiro atoms. The summed E-state index contributed by atoms with van der Waals surface area (Å²) in [5.41, 5.74) is -0.729. The molecule has 0 aliphatic heterocycles. The first-order valence-electron chi connectivity index (χ1n) is 3.61. The smallest absolute Gasteiger partial charge is 0.193 e. The molecule has 1 heterocycles. The molecule has 0 amide bonds. The molecular formula is C8H9ClO2. The standard InChI is InChI=1S/C8H9ClO2/c1-5-4-8(5,10)6-2-3-7(9)11-6/h2-3,5,10H,4H2,1H3. The third-order valence-corrected chi connectivity index (χ3v) is 2.48. The first-order valence-corrected chi connectivity index (χ1v) is 3.99. The molecule has 1 aliphatic rings. The Morgan fingerprint density at radius 1 is 1.73 bits per heavy atom. The summed E-state index contributed by atoms with van der Waals surface area (Å²) in [6.07, 6.45) is 0.775. The fourth-order valence-electron chi connectivity index (χ4n) is 1.30. The van der Waals surface area contributed by atoms with Crippen molar-refractivity contribution in [2.75, 3.05) is 0 Å². The van der Waals surface area contributed by atoms with Gasteiger partial charge in [-0.3, -0.25) is 0 Å². The van der Waals surface area contributed by atoms with Gasteiger partial charge in [-0.15, -0.1) is 0 Å². The highest BCUT2D eigenvalue weighted by Crippen LogP contribution is 2.52. The lowest BCUT2D eigenvalue weighted by Gasteiger charge is -2.02. The van der Waals surface area contributed by atoms with E-state index in [2.05, 4.69) is 0 Å². The van der Waals surface area contributed by atoms with Gasteiger partial charge in [-0.05, 0) is 36.1 Å². The van der Waals surface area contributed by atoms with Crippen LogP contribution in [0.25, 0.3) is 0 Å². The van der Waals surface area contributed by atoms with Gasteiger partial charge < -0.3 is 9.52 Å². The largest absolute Gasteiger partial charge is 0.447 e. The third kappa shape index (κ3) is 0.976. The van der Waals surface area contributed by atoms with E-state index in [0.717, 1.165) is 6.42 Å². The van der Waals surface area contributed by atoms with Crippen molar-refractivity contribution in [1.29, 1.82) is 0 Å². The second-order valence-corrected chi connectivity index (χ2v) is 3.51. The van der Waals surface area contributed by atoms with Crippen LogP contribution in [0, 0.1) is 5.92 Å².